The lowest BCUT2D eigenvalue weighted by Gasteiger charge is -2.08. The Morgan fingerprint density at radius 3 is 2.37 bits per heavy atom. The lowest BCUT2D eigenvalue weighted by Crippen LogP contribution is -2.03. The molecule has 0 fully saturated rings. The summed E-state index contributed by atoms with van der Waals surface area (Å²) in [6.45, 7) is 1.88. The first-order valence-electron chi connectivity index (χ1n) is 10.6. The first kappa shape index (κ1) is 22.4. The summed E-state index contributed by atoms with van der Waals surface area (Å²) in [7, 11) is -3.30. The van der Waals surface area contributed by atoms with Gasteiger partial charge in [0, 0.05) is 23.6 Å². The van der Waals surface area contributed by atoms with Gasteiger partial charge in [-0.3, -0.25) is 4.18 Å². The molecule has 0 radical (unpaired) electrons. The number of aromatic nitrogens is 1. The summed E-state index contributed by atoms with van der Waals surface area (Å²) in [5.41, 5.74) is 2.40. The minimum Gasteiger partial charge on any atom is -0.489 e. The largest absolute Gasteiger partial charge is 0.489 e. The van der Waals surface area contributed by atoms with Gasteiger partial charge in [-0.25, -0.2) is 0 Å². The Balaban J connectivity index is 1.36. The molecule has 5 nitrogen and oxygen atoms in total. The monoisotopic (exact) mass is 429 g/mol. The molecule has 0 atom stereocenters. The van der Waals surface area contributed by atoms with Crippen LogP contribution in [0.5, 0.6) is 5.75 Å². The summed E-state index contributed by atoms with van der Waals surface area (Å²) in [6, 6.07) is 18.6. The zero-order valence-electron chi connectivity index (χ0n) is 17.6. The molecule has 3 aromatic rings. The minimum atomic E-state index is -3.30. The van der Waals surface area contributed by atoms with Crippen LogP contribution in [0.4, 0.5) is 0 Å². The van der Waals surface area contributed by atoms with Gasteiger partial charge in [0.15, 0.2) is 0 Å². The number of fused-ring (bicyclic) bond motifs is 1. The van der Waals surface area contributed by atoms with Crippen LogP contribution in [-0.4, -0.2) is 25.8 Å². The van der Waals surface area contributed by atoms with Crippen molar-refractivity contribution in [2.75, 3.05) is 12.9 Å². The second-order valence-corrected chi connectivity index (χ2v) is 9.30. The Morgan fingerprint density at radius 2 is 1.60 bits per heavy atom. The first-order valence-corrected chi connectivity index (χ1v) is 12.4. The quantitative estimate of drug-likeness (QED) is 0.264. The molecule has 0 aliphatic heterocycles. The van der Waals surface area contributed by atoms with Crippen molar-refractivity contribution >= 4 is 21.0 Å². The fourth-order valence-corrected chi connectivity index (χ4v) is 3.93. The van der Waals surface area contributed by atoms with E-state index in [4.69, 9.17) is 8.92 Å². The van der Waals surface area contributed by atoms with Gasteiger partial charge in [-0.05, 0) is 42.7 Å². The SMILES string of the molecule is CS(=O)(=O)OCCCCCCCCn1ccc2cc(OCc3ccccc3)ccc21. The number of aryl methyl sites for hydroxylation is 1. The molecule has 1 aromatic heterocycles. The summed E-state index contributed by atoms with van der Waals surface area (Å²) in [5.74, 6) is 0.893. The molecule has 30 heavy (non-hydrogen) atoms. The summed E-state index contributed by atoms with van der Waals surface area (Å²) in [4.78, 5) is 0. The van der Waals surface area contributed by atoms with E-state index in [0.717, 1.165) is 56.2 Å². The average molecular weight is 430 g/mol. The third-order valence-electron chi connectivity index (χ3n) is 5.08. The van der Waals surface area contributed by atoms with E-state index in [1.54, 1.807) is 0 Å². The fraction of sp³-hybridized carbons (Fsp3) is 0.417. The van der Waals surface area contributed by atoms with Gasteiger partial charge in [0.2, 0.25) is 0 Å². The van der Waals surface area contributed by atoms with Crippen molar-refractivity contribution < 1.29 is 17.3 Å². The summed E-state index contributed by atoms with van der Waals surface area (Å²) in [6.07, 6.45) is 9.63. The highest BCUT2D eigenvalue weighted by Crippen LogP contribution is 2.23. The first-order chi connectivity index (χ1) is 14.5. The number of ether oxygens (including phenoxy) is 1. The van der Waals surface area contributed by atoms with Gasteiger partial charge < -0.3 is 9.30 Å². The van der Waals surface area contributed by atoms with E-state index >= 15 is 0 Å². The Morgan fingerprint density at radius 1 is 0.867 bits per heavy atom. The van der Waals surface area contributed by atoms with Crippen molar-refractivity contribution in [3.05, 3.63) is 66.4 Å². The maximum atomic E-state index is 10.9. The standard InChI is InChI=1S/C24H31NO4S/c1-30(26,27)29-18-10-5-3-2-4-9-16-25-17-15-22-19-23(13-14-24(22)25)28-20-21-11-7-6-8-12-21/h6-8,11-15,17,19H,2-5,9-10,16,18,20H2,1H3. The third kappa shape index (κ3) is 7.50. The van der Waals surface area contributed by atoms with Crippen LogP contribution in [0.3, 0.4) is 0 Å². The Kier molecular flexibility index (Phi) is 8.34. The number of unbranched alkanes of at least 4 members (excludes halogenated alkanes) is 5. The van der Waals surface area contributed by atoms with Gasteiger partial charge in [0.05, 0.1) is 12.9 Å². The predicted molar refractivity (Wildman–Crippen MR) is 121 cm³/mol. The molecule has 2 aromatic carbocycles. The zero-order chi connectivity index (χ0) is 21.2. The Labute approximate surface area is 179 Å². The molecule has 1 heterocycles. The molecule has 3 rings (SSSR count). The predicted octanol–water partition coefficient (Wildman–Crippen LogP) is 5.54. The highest BCUT2D eigenvalue weighted by Gasteiger charge is 2.04. The molecule has 0 spiro atoms. The van der Waals surface area contributed by atoms with Gasteiger partial charge in [0.1, 0.15) is 12.4 Å². The molecule has 0 aliphatic rings. The van der Waals surface area contributed by atoms with Crippen LogP contribution in [0.25, 0.3) is 10.9 Å². The smallest absolute Gasteiger partial charge is 0.264 e. The van der Waals surface area contributed by atoms with Crippen LogP contribution < -0.4 is 4.74 Å². The lowest BCUT2D eigenvalue weighted by atomic mass is 10.1. The Hall–Kier alpha value is -2.31. The van der Waals surface area contributed by atoms with Crippen molar-refractivity contribution in [2.45, 2.75) is 51.7 Å². The van der Waals surface area contributed by atoms with Crippen LogP contribution in [0.1, 0.15) is 44.1 Å². The van der Waals surface area contributed by atoms with E-state index in [1.807, 2.05) is 24.3 Å². The summed E-state index contributed by atoms with van der Waals surface area (Å²) in [5, 5.41) is 1.20. The van der Waals surface area contributed by atoms with Crippen LogP contribution >= 0.6 is 0 Å². The summed E-state index contributed by atoms with van der Waals surface area (Å²) >= 11 is 0. The van der Waals surface area contributed by atoms with E-state index in [9.17, 15) is 8.42 Å². The number of hydrogen-bond acceptors (Lipinski definition) is 4. The highest BCUT2D eigenvalue weighted by atomic mass is 32.2. The molecular formula is C24H31NO4S. The molecule has 0 aliphatic carbocycles. The van der Waals surface area contributed by atoms with Crippen LogP contribution in [-0.2, 0) is 27.5 Å². The van der Waals surface area contributed by atoms with Gasteiger partial charge in [-0.15, -0.1) is 0 Å². The topological polar surface area (TPSA) is 57.5 Å². The summed E-state index contributed by atoms with van der Waals surface area (Å²) < 4.78 is 34.8. The Bertz CT molecular complexity index is 1010. The second-order valence-electron chi connectivity index (χ2n) is 7.65. The third-order valence-corrected chi connectivity index (χ3v) is 5.68. The van der Waals surface area contributed by atoms with Crippen molar-refractivity contribution in [2.24, 2.45) is 0 Å². The number of hydrogen-bond donors (Lipinski definition) is 0. The van der Waals surface area contributed by atoms with Crippen molar-refractivity contribution in [1.29, 1.82) is 0 Å². The van der Waals surface area contributed by atoms with Gasteiger partial charge in [-0.2, -0.15) is 8.42 Å². The second kappa shape index (κ2) is 11.2. The minimum absolute atomic E-state index is 0.297. The number of nitrogens with zero attached hydrogens (tertiary/aromatic N) is 1. The van der Waals surface area contributed by atoms with Gasteiger partial charge in [0.25, 0.3) is 10.1 Å². The van der Waals surface area contributed by atoms with Crippen molar-refractivity contribution in [1.82, 2.24) is 4.57 Å². The van der Waals surface area contributed by atoms with Crippen LogP contribution in [0, 0.1) is 0 Å². The molecule has 0 saturated carbocycles. The molecule has 0 bridgehead atoms. The molecular weight excluding hydrogens is 398 g/mol. The molecule has 6 heteroatoms. The van der Waals surface area contributed by atoms with E-state index < -0.39 is 10.1 Å². The number of benzene rings is 2. The van der Waals surface area contributed by atoms with Gasteiger partial charge in [-0.1, -0.05) is 56.0 Å². The zero-order valence-corrected chi connectivity index (χ0v) is 18.4. The van der Waals surface area contributed by atoms with E-state index in [1.165, 1.54) is 17.3 Å². The molecule has 162 valence electrons. The average Bonchev–Trinajstić information content (AvgIpc) is 3.13. The fourth-order valence-electron chi connectivity index (χ4n) is 3.51. The van der Waals surface area contributed by atoms with Crippen molar-refractivity contribution in [3.63, 3.8) is 0 Å². The van der Waals surface area contributed by atoms with Crippen LogP contribution in [0.2, 0.25) is 0 Å². The maximum absolute atomic E-state index is 10.9. The number of rotatable bonds is 13. The molecule has 0 amide bonds. The highest BCUT2D eigenvalue weighted by molar-refractivity contribution is 7.85. The molecule has 0 N–H and O–H groups in total. The molecule has 0 saturated heterocycles. The van der Waals surface area contributed by atoms with E-state index in [0.29, 0.717) is 13.2 Å². The van der Waals surface area contributed by atoms with Crippen LogP contribution in [0.15, 0.2) is 60.8 Å². The lowest BCUT2D eigenvalue weighted by molar-refractivity contribution is 0.306. The normalized spacial score (nSPS) is 11.8. The van der Waals surface area contributed by atoms with E-state index in [-0.39, 0.29) is 0 Å². The van der Waals surface area contributed by atoms with E-state index in [2.05, 4.69) is 41.1 Å². The van der Waals surface area contributed by atoms with Crippen molar-refractivity contribution in [3.8, 4) is 5.75 Å². The molecule has 0 unspecified atom stereocenters. The van der Waals surface area contributed by atoms with Gasteiger partial charge >= 0.3 is 0 Å². The maximum Gasteiger partial charge on any atom is 0.264 e.